The summed E-state index contributed by atoms with van der Waals surface area (Å²) < 4.78 is 34.4. The summed E-state index contributed by atoms with van der Waals surface area (Å²) in [6.45, 7) is 1.68. The molecule has 3 heterocycles. The third-order valence-electron chi connectivity index (χ3n) is 18.5. The van der Waals surface area contributed by atoms with E-state index in [4.69, 9.17) is 28.4 Å². The Bertz CT molecular complexity index is 2070. The molecule has 0 aromatic carbocycles. The predicted octanol–water partition coefficient (Wildman–Crippen LogP) is 11.4. The maximum atomic E-state index is 13.4. The van der Waals surface area contributed by atoms with E-state index in [0.29, 0.717) is 12.8 Å². The summed E-state index contributed by atoms with van der Waals surface area (Å²) in [5, 5.41) is 121. The van der Waals surface area contributed by atoms with Gasteiger partial charge in [0.25, 0.3) is 0 Å². The molecule has 0 radical (unpaired) electrons. The van der Waals surface area contributed by atoms with Crippen LogP contribution in [-0.2, 0) is 33.2 Å². The highest BCUT2D eigenvalue weighted by atomic mass is 16.8. The first-order chi connectivity index (χ1) is 46.8. The zero-order chi connectivity index (χ0) is 69.6. The van der Waals surface area contributed by atoms with Crippen LogP contribution < -0.4 is 5.32 Å². The summed E-state index contributed by atoms with van der Waals surface area (Å²) in [6.07, 6.45) is 48.3. The molecule has 3 aliphatic rings. The zero-order valence-corrected chi connectivity index (χ0v) is 59.1. The topological polar surface area (TPSA) is 307 Å². The number of aliphatic hydroxyl groups excluding tert-OH is 11. The summed E-state index contributed by atoms with van der Waals surface area (Å²) in [4.78, 5) is 13.4. The van der Waals surface area contributed by atoms with E-state index in [1.165, 1.54) is 141 Å². The highest BCUT2D eigenvalue weighted by molar-refractivity contribution is 5.76. The highest BCUT2D eigenvalue weighted by Gasteiger charge is 2.53. The van der Waals surface area contributed by atoms with Crippen LogP contribution in [0.4, 0.5) is 0 Å². The molecule has 17 atom stereocenters. The predicted molar refractivity (Wildman–Crippen MR) is 378 cm³/mol. The lowest BCUT2D eigenvalue weighted by Gasteiger charge is -2.48. The smallest absolute Gasteiger partial charge is 0.220 e. The van der Waals surface area contributed by atoms with E-state index in [1.807, 2.05) is 0 Å². The second-order valence-electron chi connectivity index (χ2n) is 26.7. The number of unbranched alkanes of at least 4 members (excludes halogenated alkanes) is 28. The van der Waals surface area contributed by atoms with Crippen LogP contribution in [0.1, 0.15) is 264 Å². The molecule has 0 aromatic rings. The number of hydrogen-bond donors (Lipinski definition) is 12. The van der Waals surface area contributed by atoms with Crippen molar-refractivity contribution in [3.8, 4) is 0 Å². The summed E-state index contributed by atoms with van der Waals surface area (Å²) in [6, 6.07) is -0.889. The van der Waals surface area contributed by atoms with Gasteiger partial charge in [0.1, 0.15) is 73.2 Å². The van der Waals surface area contributed by atoms with Gasteiger partial charge in [-0.3, -0.25) is 4.79 Å². The molecule has 96 heavy (non-hydrogen) atoms. The molecular formula is C77H135NO18. The normalized spacial score (nSPS) is 27.5. The molecule has 0 bridgehead atoms. The minimum Gasteiger partial charge on any atom is -0.394 e. The van der Waals surface area contributed by atoms with Crippen LogP contribution in [0.5, 0.6) is 0 Å². The largest absolute Gasteiger partial charge is 0.394 e. The van der Waals surface area contributed by atoms with Gasteiger partial charge in [-0.2, -0.15) is 0 Å². The second kappa shape index (κ2) is 57.6. The Kier molecular flexibility index (Phi) is 52.3. The molecule has 1 amide bonds. The molecule has 19 heteroatoms. The van der Waals surface area contributed by atoms with E-state index in [2.05, 4.69) is 104 Å². The number of carbonyl (C=O) groups excluding carboxylic acids is 1. The molecule has 3 rings (SSSR count). The van der Waals surface area contributed by atoms with E-state index in [-0.39, 0.29) is 18.9 Å². The van der Waals surface area contributed by atoms with Crippen molar-refractivity contribution in [3.05, 3.63) is 85.1 Å². The minimum absolute atomic E-state index is 0.244. The van der Waals surface area contributed by atoms with Crippen LogP contribution >= 0.6 is 0 Å². The number of rotatable bonds is 58. The minimum atomic E-state index is -1.97. The Morgan fingerprint density at radius 3 is 1.12 bits per heavy atom. The third-order valence-corrected chi connectivity index (χ3v) is 18.5. The lowest BCUT2D eigenvalue weighted by Crippen LogP contribution is -2.66. The fourth-order valence-corrected chi connectivity index (χ4v) is 12.4. The second-order valence-corrected chi connectivity index (χ2v) is 26.7. The Labute approximate surface area is 578 Å². The molecule has 3 fully saturated rings. The molecule has 17 unspecified atom stereocenters. The Morgan fingerprint density at radius 1 is 0.385 bits per heavy atom. The molecule has 12 N–H and O–H groups in total. The van der Waals surface area contributed by atoms with Gasteiger partial charge in [0.2, 0.25) is 5.91 Å². The first-order valence-corrected chi connectivity index (χ1v) is 37.8. The molecule has 3 saturated heterocycles. The number of hydrogen-bond acceptors (Lipinski definition) is 18. The van der Waals surface area contributed by atoms with Gasteiger partial charge in [-0.05, 0) is 70.6 Å². The summed E-state index contributed by atoms with van der Waals surface area (Å²) >= 11 is 0. The molecule has 0 spiro atoms. The van der Waals surface area contributed by atoms with Crippen LogP contribution in [0.2, 0.25) is 0 Å². The van der Waals surface area contributed by atoms with Crippen LogP contribution in [0, 0.1) is 0 Å². The van der Waals surface area contributed by atoms with Crippen molar-refractivity contribution in [1.82, 2.24) is 5.32 Å². The van der Waals surface area contributed by atoms with E-state index < -0.39 is 124 Å². The van der Waals surface area contributed by atoms with Crippen molar-refractivity contribution in [2.75, 3.05) is 26.4 Å². The van der Waals surface area contributed by atoms with Crippen LogP contribution in [0.25, 0.3) is 0 Å². The first kappa shape index (κ1) is 87.2. The quantitative estimate of drug-likeness (QED) is 0.0199. The lowest BCUT2D eigenvalue weighted by molar-refractivity contribution is -0.379. The molecule has 0 aromatic heterocycles. The van der Waals surface area contributed by atoms with Crippen LogP contribution in [0.15, 0.2) is 85.1 Å². The van der Waals surface area contributed by atoms with E-state index in [0.717, 1.165) is 89.9 Å². The first-order valence-electron chi connectivity index (χ1n) is 37.8. The van der Waals surface area contributed by atoms with E-state index in [9.17, 15) is 61.0 Å². The lowest BCUT2D eigenvalue weighted by atomic mass is 9.96. The number of nitrogens with one attached hydrogen (secondary N) is 1. The molecule has 556 valence electrons. The van der Waals surface area contributed by atoms with Crippen molar-refractivity contribution in [3.63, 3.8) is 0 Å². The van der Waals surface area contributed by atoms with Gasteiger partial charge in [0.15, 0.2) is 18.9 Å². The molecule has 19 nitrogen and oxygen atoms in total. The summed E-state index contributed by atoms with van der Waals surface area (Å²) in [7, 11) is 0. The fourth-order valence-electron chi connectivity index (χ4n) is 12.4. The Morgan fingerprint density at radius 2 is 0.719 bits per heavy atom. The van der Waals surface area contributed by atoms with Gasteiger partial charge < -0.3 is 89.9 Å². The van der Waals surface area contributed by atoms with Crippen molar-refractivity contribution >= 4 is 5.91 Å². The van der Waals surface area contributed by atoms with Gasteiger partial charge in [0.05, 0.1) is 38.6 Å². The molecule has 0 aliphatic carbocycles. The summed E-state index contributed by atoms with van der Waals surface area (Å²) in [5.74, 6) is -0.244. The molecule has 3 aliphatic heterocycles. The molecular weight excluding hydrogens is 1230 g/mol. The highest BCUT2D eigenvalue weighted by Crippen LogP contribution is 2.33. The maximum absolute atomic E-state index is 13.4. The number of carbonyl (C=O) groups is 1. The van der Waals surface area contributed by atoms with Crippen LogP contribution in [-0.4, -0.2) is 193 Å². The monoisotopic (exact) mass is 1360 g/mol. The number of aliphatic hydroxyl groups is 11. The van der Waals surface area contributed by atoms with E-state index in [1.54, 1.807) is 0 Å². The maximum Gasteiger partial charge on any atom is 0.220 e. The molecule has 0 saturated carbocycles. The SMILES string of the molecule is CC/C=C\C/C=C\C/C=C\C/C=C\C/C=C\C/C=C\C/C=C\CCCCCCCCCCCCCCCCCCCC(=O)NC(COC1OC(CO)C(OC2OC(CO)C(OC3OC(CO)C(O)C(O)C3O)C(O)C2O)C(O)C1O)C(O)CCCCCCCCCCCCCC. The van der Waals surface area contributed by atoms with Crippen molar-refractivity contribution < 1.29 is 89.4 Å². The average molecular weight is 1360 g/mol. The van der Waals surface area contributed by atoms with Gasteiger partial charge >= 0.3 is 0 Å². The van der Waals surface area contributed by atoms with Gasteiger partial charge in [-0.25, -0.2) is 0 Å². The van der Waals surface area contributed by atoms with Gasteiger partial charge in [-0.1, -0.05) is 272 Å². The van der Waals surface area contributed by atoms with Crippen LogP contribution in [0.3, 0.4) is 0 Å². The average Bonchev–Trinajstić information content (AvgIpc) is 0.787. The Balaban J connectivity index is 1.29. The van der Waals surface area contributed by atoms with Crippen molar-refractivity contribution in [2.45, 2.75) is 369 Å². The number of amides is 1. The fraction of sp³-hybridized carbons (Fsp3) is 0.805. The zero-order valence-electron chi connectivity index (χ0n) is 59.1. The van der Waals surface area contributed by atoms with Gasteiger partial charge in [0, 0.05) is 6.42 Å². The van der Waals surface area contributed by atoms with Crippen molar-refractivity contribution in [1.29, 1.82) is 0 Å². The third kappa shape index (κ3) is 38.1. The standard InChI is InChI=1S/C77H135NO18/c1-3-5-7-9-11-13-15-17-18-19-20-21-22-23-24-25-26-27-28-29-30-31-32-33-34-35-36-37-38-39-40-41-42-43-45-47-49-51-53-55-65(83)78-60(61(82)54-52-50-48-46-44-16-14-12-10-8-6-4-2)59-91-75-71(89)68(86)73(63(57-80)93-75)96-77-72(90)69(87)74(64(58-81)94-77)95-76-70(88)67(85)66(84)62(56-79)92-76/h5,7,11,13,17-18,20-21,23-24,26-27,29-30,60-64,66-77,79-82,84-90H,3-4,6,8-10,12,14-16,19,22,25,28,31-59H2,1-2H3,(H,78,83)/b7-5-,13-11-,18-17-,21-20-,24-23-,27-26-,30-29-. The van der Waals surface area contributed by atoms with Gasteiger partial charge in [-0.15, -0.1) is 0 Å². The summed E-state index contributed by atoms with van der Waals surface area (Å²) in [5.41, 5.74) is 0. The number of allylic oxidation sites excluding steroid dienone is 14. The Hall–Kier alpha value is -3.03. The van der Waals surface area contributed by atoms with E-state index >= 15 is 0 Å². The van der Waals surface area contributed by atoms with Crippen molar-refractivity contribution in [2.24, 2.45) is 0 Å². The number of ether oxygens (including phenoxy) is 6.